The van der Waals surface area contributed by atoms with E-state index in [-0.39, 0.29) is 28.5 Å². The summed E-state index contributed by atoms with van der Waals surface area (Å²) in [5.74, 6) is 0.304. The van der Waals surface area contributed by atoms with Crippen molar-refractivity contribution in [2.75, 3.05) is 26.4 Å². The standard InChI is InChI=1S/3C21H23N3OS.2C20H21N3O2S/c3*1-13-7-9-15(10-8-13)18-12-16-17(11-14-5-3-2-4-6-14)23-24-19(21(22)25)20(16)26-18;2*1-12-4-6-14(7-5-12)17-10-15-16(9-13-3-2-8-25-11-13)22-23-18(20(21)24)19(15)26-17/h3*7-10,12,14H,2-6,11H2,1H3,(H2,22,25);2*4-7,10,13H,2-3,8-9,11H2,1H3,(H2,21,24). The van der Waals surface area contributed by atoms with Crippen molar-refractivity contribution >= 4 is 137 Å². The average Bonchev–Trinajstić information content (AvgIpc) is 1.64. The Morgan fingerprint density at radius 3 is 0.623 bits per heavy atom. The molecule has 2 unspecified atom stereocenters. The third-order valence-corrected chi connectivity index (χ3v) is 31.5. The Labute approximate surface area is 777 Å². The molecule has 22 nitrogen and oxygen atoms in total. The van der Waals surface area contributed by atoms with Crippen LogP contribution < -0.4 is 28.7 Å². The number of aromatic nitrogens is 10. The predicted molar refractivity (Wildman–Crippen MR) is 526 cm³/mol. The summed E-state index contributed by atoms with van der Waals surface area (Å²) in [6.45, 7) is 13.6. The normalized spacial score (nSPS) is 16.3. The molecule has 3 saturated carbocycles. The van der Waals surface area contributed by atoms with Gasteiger partial charge < -0.3 is 38.1 Å². The fourth-order valence-corrected chi connectivity index (χ4v) is 24.2. The van der Waals surface area contributed by atoms with Crippen LogP contribution in [0.4, 0.5) is 0 Å². The van der Waals surface area contributed by atoms with E-state index in [9.17, 15) is 24.0 Å². The summed E-state index contributed by atoms with van der Waals surface area (Å²) >= 11 is 7.86. The zero-order valence-electron chi connectivity index (χ0n) is 74.4. The van der Waals surface area contributed by atoms with E-state index in [1.54, 1.807) is 56.7 Å². The van der Waals surface area contributed by atoms with E-state index in [4.69, 9.17) is 38.1 Å². The van der Waals surface area contributed by atoms with Gasteiger partial charge in [-0.1, -0.05) is 245 Å². The van der Waals surface area contributed by atoms with E-state index in [0.717, 1.165) is 215 Å². The van der Waals surface area contributed by atoms with Crippen molar-refractivity contribution in [1.29, 1.82) is 0 Å². The summed E-state index contributed by atoms with van der Waals surface area (Å²) < 4.78 is 15.5. The number of primary amides is 5. The quantitative estimate of drug-likeness (QED) is 0.0473. The van der Waals surface area contributed by atoms with E-state index < -0.39 is 29.5 Å². The lowest BCUT2D eigenvalue weighted by molar-refractivity contribution is 0.0547. The van der Waals surface area contributed by atoms with E-state index in [0.29, 0.717) is 29.6 Å². The summed E-state index contributed by atoms with van der Waals surface area (Å²) in [4.78, 5) is 64.7. The Balaban J connectivity index is 0.000000119. The molecule has 670 valence electrons. The number of thiophene rings is 5. The molecular formula is C103H111N15O7S5. The van der Waals surface area contributed by atoms with Crippen LogP contribution in [0.5, 0.6) is 0 Å². The van der Waals surface area contributed by atoms with Crippen LogP contribution in [0, 0.1) is 64.2 Å². The molecule has 2 aliphatic heterocycles. The lowest BCUT2D eigenvalue weighted by atomic mass is 9.85. The fourth-order valence-electron chi connectivity index (χ4n) is 18.3. The summed E-state index contributed by atoms with van der Waals surface area (Å²) in [7, 11) is 0. The number of ether oxygens (including phenoxy) is 2. The van der Waals surface area contributed by atoms with Crippen LogP contribution >= 0.6 is 56.7 Å². The maximum atomic E-state index is 11.8. The molecule has 130 heavy (non-hydrogen) atoms. The Bertz CT molecular complexity index is 5620. The maximum absolute atomic E-state index is 11.8. The Morgan fingerprint density at radius 2 is 0.446 bits per heavy atom. The number of hydrogen-bond donors (Lipinski definition) is 5. The lowest BCUT2D eigenvalue weighted by Crippen LogP contribution is -2.20. The van der Waals surface area contributed by atoms with Crippen molar-refractivity contribution < 1.29 is 33.4 Å². The monoisotopic (exact) mass is 1830 g/mol. The molecule has 10 aromatic heterocycles. The van der Waals surface area contributed by atoms with Gasteiger partial charge in [-0.05, 0) is 180 Å². The molecule has 5 aliphatic rings. The average molecular weight is 1830 g/mol. The van der Waals surface area contributed by atoms with Crippen molar-refractivity contribution in [3.8, 4) is 52.2 Å². The fraction of sp³-hybridized carbons (Fsp3) is 0.369. The first kappa shape index (κ1) is 91.9. The topological polar surface area (TPSA) is 363 Å². The molecule has 20 rings (SSSR count). The molecule has 2 atom stereocenters. The number of carbonyl (C=O) groups excluding carboxylic acids is 5. The Kier molecular flexibility index (Phi) is 30.1. The van der Waals surface area contributed by atoms with Gasteiger partial charge in [0.05, 0.1) is 52.0 Å². The number of aryl methyl sites for hydroxylation is 5. The third kappa shape index (κ3) is 22.4. The van der Waals surface area contributed by atoms with Crippen LogP contribution in [0.2, 0.25) is 0 Å². The summed E-state index contributed by atoms with van der Waals surface area (Å²) in [5.41, 5.74) is 45.8. The predicted octanol–water partition coefficient (Wildman–Crippen LogP) is 22.1. The van der Waals surface area contributed by atoms with Gasteiger partial charge in [-0.15, -0.1) is 82.2 Å². The van der Waals surface area contributed by atoms with E-state index >= 15 is 0 Å². The number of benzene rings is 5. The van der Waals surface area contributed by atoms with Crippen molar-refractivity contribution in [2.24, 2.45) is 58.3 Å². The highest BCUT2D eigenvalue weighted by molar-refractivity contribution is 7.24. The number of rotatable bonds is 20. The minimum absolute atomic E-state index is 0.256. The van der Waals surface area contributed by atoms with Gasteiger partial charge >= 0.3 is 0 Å². The molecule has 0 radical (unpaired) electrons. The molecule has 12 heterocycles. The SMILES string of the molecule is Cc1ccc(-c2cc3c(CC4CCCCC4)nnc(C(N)=O)c3s2)cc1.Cc1ccc(-c2cc3c(CC4CCCCC4)nnc(C(N)=O)c3s2)cc1.Cc1ccc(-c2cc3c(CC4CCCCC4)nnc(C(N)=O)c3s2)cc1.Cc1ccc(-c2cc3c(CC4CCCOC4)nnc(C(N)=O)c3s2)cc1.Cc1ccc(-c2cc3c(CC4CCCOC4)nnc(C(N)=O)c3s2)cc1. The Hall–Kier alpha value is -11.4. The number of fused-ring (bicyclic) bond motifs is 5. The largest absolute Gasteiger partial charge is 0.381 e. The van der Waals surface area contributed by atoms with Crippen molar-refractivity contribution in [2.45, 2.75) is 189 Å². The summed E-state index contributed by atoms with van der Waals surface area (Å²) in [6.07, 6.45) is 28.3. The van der Waals surface area contributed by atoms with Crippen molar-refractivity contribution in [1.82, 2.24) is 51.0 Å². The highest BCUT2D eigenvalue weighted by Gasteiger charge is 2.29. The molecule has 0 bridgehead atoms. The van der Waals surface area contributed by atoms with Crippen molar-refractivity contribution in [3.05, 3.63) is 236 Å². The maximum Gasteiger partial charge on any atom is 0.270 e. The van der Waals surface area contributed by atoms with Gasteiger partial charge in [-0.2, -0.15) is 25.5 Å². The molecule has 27 heteroatoms. The Morgan fingerprint density at radius 1 is 0.262 bits per heavy atom. The summed E-state index contributed by atoms with van der Waals surface area (Å²) in [6, 6.07) is 52.8. The first-order valence-electron chi connectivity index (χ1n) is 45.5. The van der Waals surface area contributed by atoms with Gasteiger partial charge in [-0.3, -0.25) is 24.0 Å². The van der Waals surface area contributed by atoms with Crippen LogP contribution in [0.1, 0.15) is 231 Å². The first-order valence-corrected chi connectivity index (χ1v) is 49.6. The minimum Gasteiger partial charge on any atom is -0.381 e. The molecular weight excluding hydrogens is 1720 g/mol. The van der Waals surface area contributed by atoms with Crippen LogP contribution in [0.15, 0.2) is 152 Å². The number of nitrogens with zero attached hydrogens (tertiary/aromatic N) is 10. The zero-order valence-corrected chi connectivity index (χ0v) is 78.5. The number of carbonyl (C=O) groups is 5. The smallest absolute Gasteiger partial charge is 0.270 e. The molecule has 0 spiro atoms. The lowest BCUT2D eigenvalue weighted by Gasteiger charge is -2.21. The second-order valence-electron chi connectivity index (χ2n) is 35.6. The molecule has 2 saturated heterocycles. The minimum atomic E-state index is -0.535. The molecule has 5 amide bonds. The highest BCUT2D eigenvalue weighted by Crippen LogP contribution is 2.45. The van der Waals surface area contributed by atoms with Crippen molar-refractivity contribution in [3.63, 3.8) is 0 Å². The van der Waals surface area contributed by atoms with Gasteiger partial charge in [0.2, 0.25) is 0 Å². The summed E-state index contributed by atoms with van der Waals surface area (Å²) in [5, 5.41) is 47.8. The molecule has 15 aromatic rings. The van der Waals surface area contributed by atoms with Gasteiger partial charge in [0.15, 0.2) is 28.5 Å². The van der Waals surface area contributed by atoms with Gasteiger partial charge in [-0.25, -0.2) is 0 Å². The molecule has 5 fully saturated rings. The number of amides is 5. The van der Waals surface area contributed by atoms with Crippen LogP contribution in [0.3, 0.4) is 0 Å². The van der Waals surface area contributed by atoms with Crippen LogP contribution in [0.25, 0.3) is 103 Å². The van der Waals surface area contributed by atoms with E-state index in [1.165, 1.54) is 124 Å². The van der Waals surface area contributed by atoms with E-state index in [2.05, 4.69) is 237 Å². The van der Waals surface area contributed by atoms with Crippen LogP contribution in [-0.2, 0) is 41.6 Å². The number of hydrogen-bond acceptors (Lipinski definition) is 22. The van der Waals surface area contributed by atoms with Gasteiger partial charge in [0.25, 0.3) is 29.5 Å². The highest BCUT2D eigenvalue weighted by atomic mass is 32.1. The van der Waals surface area contributed by atoms with Gasteiger partial charge in [0.1, 0.15) is 0 Å². The second-order valence-corrected chi connectivity index (χ2v) is 40.9. The third-order valence-electron chi connectivity index (χ3n) is 25.6. The molecule has 5 aromatic carbocycles. The zero-order chi connectivity index (χ0) is 90.5. The van der Waals surface area contributed by atoms with E-state index in [1.807, 2.05) is 0 Å². The van der Waals surface area contributed by atoms with Crippen LogP contribution in [-0.4, -0.2) is 107 Å². The number of nitrogens with two attached hydrogens (primary N) is 5. The van der Waals surface area contributed by atoms with Gasteiger partial charge in [0, 0.05) is 77.7 Å². The first-order chi connectivity index (χ1) is 63.1. The molecule has 3 aliphatic carbocycles. The molecule has 10 N–H and O–H groups in total. The second kappa shape index (κ2) is 42.6.